The van der Waals surface area contributed by atoms with Gasteiger partial charge in [0.1, 0.15) is 5.60 Å². The maximum absolute atomic E-state index is 12.7. The standard InChI is InChI=1S/C23H28N2O6/c1-22(2,3)31-21(29)24-11-9-23(30,10-12-24)15-25-14-18(20(27)28)17(13-19(25)26)16-7-5-4-6-8-16/h4-8,13-14,30H,9-12,15H2,1-3H3,(H,27,28). The molecule has 1 aliphatic rings. The highest BCUT2D eigenvalue weighted by Gasteiger charge is 2.36. The molecule has 8 heteroatoms. The summed E-state index contributed by atoms with van der Waals surface area (Å²) in [6.45, 7) is 5.88. The first kappa shape index (κ1) is 22.6. The van der Waals surface area contributed by atoms with E-state index in [0.717, 1.165) is 0 Å². The van der Waals surface area contributed by atoms with Crippen molar-refractivity contribution >= 4 is 12.1 Å². The SMILES string of the molecule is CC(C)(C)OC(=O)N1CCC(O)(Cn2cc(C(=O)O)c(-c3ccccc3)cc2=O)CC1. The molecule has 2 heterocycles. The summed E-state index contributed by atoms with van der Waals surface area (Å²) in [5, 5.41) is 20.7. The highest BCUT2D eigenvalue weighted by Crippen LogP contribution is 2.27. The number of carboxylic acid groups (broad SMARTS) is 1. The van der Waals surface area contributed by atoms with E-state index in [1.165, 1.54) is 21.7 Å². The number of aromatic carboxylic acids is 1. The first-order valence-corrected chi connectivity index (χ1v) is 10.2. The van der Waals surface area contributed by atoms with Gasteiger partial charge in [0.15, 0.2) is 0 Å². The number of piperidine rings is 1. The first-order chi connectivity index (χ1) is 14.5. The molecule has 166 valence electrons. The Balaban J connectivity index is 1.79. The molecule has 0 radical (unpaired) electrons. The van der Waals surface area contributed by atoms with Crippen molar-refractivity contribution in [2.45, 2.75) is 51.4 Å². The Morgan fingerprint density at radius 3 is 2.29 bits per heavy atom. The number of carbonyl (C=O) groups is 2. The lowest BCUT2D eigenvalue weighted by atomic mass is 9.91. The molecule has 1 aliphatic heterocycles. The number of aliphatic hydroxyl groups is 1. The summed E-state index contributed by atoms with van der Waals surface area (Å²) in [6, 6.07) is 10.1. The Kier molecular flexibility index (Phi) is 6.22. The molecule has 0 atom stereocenters. The Bertz CT molecular complexity index is 1010. The molecular weight excluding hydrogens is 400 g/mol. The van der Waals surface area contributed by atoms with Gasteiger partial charge in [-0.15, -0.1) is 0 Å². The summed E-state index contributed by atoms with van der Waals surface area (Å²) in [4.78, 5) is 38.3. The maximum atomic E-state index is 12.7. The largest absolute Gasteiger partial charge is 0.478 e. The van der Waals surface area contributed by atoms with Crippen LogP contribution in [0.4, 0.5) is 4.79 Å². The first-order valence-electron chi connectivity index (χ1n) is 10.2. The normalized spacial score (nSPS) is 16.1. The molecule has 2 N–H and O–H groups in total. The molecule has 1 aromatic carbocycles. The third-order valence-corrected chi connectivity index (χ3v) is 5.25. The van der Waals surface area contributed by atoms with Crippen LogP contribution in [0.2, 0.25) is 0 Å². The lowest BCUT2D eigenvalue weighted by molar-refractivity contribution is -0.0419. The fraction of sp³-hybridized carbons (Fsp3) is 0.435. The number of carbonyl (C=O) groups excluding carboxylic acids is 1. The third-order valence-electron chi connectivity index (χ3n) is 5.25. The molecule has 0 unspecified atom stereocenters. The minimum atomic E-state index is -1.23. The number of rotatable bonds is 4. The second-order valence-electron chi connectivity index (χ2n) is 8.93. The number of hydrogen-bond acceptors (Lipinski definition) is 5. The van der Waals surface area contributed by atoms with Gasteiger partial charge in [0.05, 0.1) is 17.7 Å². The number of pyridine rings is 1. The van der Waals surface area contributed by atoms with Crippen LogP contribution in [-0.2, 0) is 11.3 Å². The molecule has 2 aromatic rings. The number of benzene rings is 1. The minimum absolute atomic E-state index is 0.0133. The van der Waals surface area contributed by atoms with Crippen LogP contribution in [0.3, 0.4) is 0 Å². The molecule has 0 aliphatic carbocycles. The van der Waals surface area contributed by atoms with E-state index in [0.29, 0.717) is 11.1 Å². The Morgan fingerprint density at radius 2 is 1.74 bits per heavy atom. The molecule has 0 spiro atoms. The van der Waals surface area contributed by atoms with Crippen LogP contribution in [0, 0.1) is 0 Å². The second-order valence-corrected chi connectivity index (χ2v) is 8.93. The maximum Gasteiger partial charge on any atom is 0.410 e. The van der Waals surface area contributed by atoms with Crippen LogP contribution in [0.5, 0.6) is 0 Å². The van der Waals surface area contributed by atoms with Gasteiger partial charge in [0, 0.05) is 30.9 Å². The summed E-state index contributed by atoms with van der Waals surface area (Å²) >= 11 is 0. The zero-order valence-electron chi connectivity index (χ0n) is 18.0. The van der Waals surface area contributed by atoms with Gasteiger partial charge in [0.25, 0.3) is 5.56 Å². The minimum Gasteiger partial charge on any atom is -0.478 e. The summed E-state index contributed by atoms with van der Waals surface area (Å²) in [7, 11) is 0. The van der Waals surface area contributed by atoms with E-state index in [2.05, 4.69) is 0 Å². The zero-order valence-corrected chi connectivity index (χ0v) is 18.0. The van der Waals surface area contributed by atoms with Gasteiger partial charge in [-0.1, -0.05) is 30.3 Å². The van der Waals surface area contributed by atoms with Gasteiger partial charge in [-0.25, -0.2) is 9.59 Å². The van der Waals surface area contributed by atoms with Gasteiger partial charge < -0.3 is 24.4 Å². The zero-order chi connectivity index (χ0) is 22.8. The number of carboxylic acids is 1. The van der Waals surface area contributed by atoms with E-state index in [4.69, 9.17) is 4.74 Å². The summed E-state index contributed by atoms with van der Waals surface area (Å²) in [6.07, 6.45) is 1.35. The van der Waals surface area contributed by atoms with E-state index >= 15 is 0 Å². The van der Waals surface area contributed by atoms with Gasteiger partial charge in [-0.05, 0) is 39.2 Å². The monoisotopic (exact) mass is 428 g/mol. The van der Waals surface area contributed by atoms with E-state index in [1.54, 1.807) is 45.0 Å². The number of hydrogen-bond donors (Lipinski definition) is 2. The van der Waals surface area contributed by atoms with Crippen LogP contribution >= 0.6 is 0 Å². The molecule has 1 fully saturated rings. The highest BCUT2D eigenvalue weighted by molar-refractivity contribution is 5.95. The summed E-state index contributed by atoms with van der Waals surface area (Å²) in [5.41, 5.74) is -1.28. The van der Waals surface area contributed by atoms with Crippen LogP contribution in [0.1, 0.15) is 44.0 Å². The summed E-state index contributed by atoms with van der Waals surface area (Å²) in [5.74, 6) is -1.15. The molecule has 1 saturated heterocycles. The Hall–Kier alpha value is -3.13. The lowest BCUT2D eigenvalue weighted by Crippen LogP contribution is -2.50. The number of ether oxygens (including phenoxy) is 1. The topological polar surface area (TPSA) is 109 Å². The fourth-order valence-corrected chi connectivity index (χ4v) is 3.63. The van der Waals surface area contributed by atoms with Crippen LogP contribution in [0.25, 0.3) is 11.1 Å². The molecule has 0 bridgehead atoms. The lowest BCUT2D eigenvalue weighted by Gasteiger charge is -2.38. The Labute approximate surface area is 180 Å². The van der Waals surface area contributed by atoms with E-state index in [9.17, 15) is 24.6 Å². The molecule has 1 amide bonds. The second kappa shape index (κ2) is 8.55. The summed E-state index contributed by atoms with van der Waals surface area (Å²) < 4.78 is 6.60. The Morgan fingerprint density at radius 1 is 1.13 bits per heavy atom. The van der Waals surface area contributed by atoms with Crippen molar-refractivity contribution in [2.24, 2.45) is 0 Å². The van der Waals surface area contributed by atoms with Crippen LogP contribution in [0.15, 0.2) is 47.4 Å². The highest BCUT2D eigenvalue weighted by atomic mass is 16.6. The predicted octanol–water partition coefficient (Wildman–Crippen LogP) is 2.98. The number of amides is 1. The van der Waals surface area contributed by atoms with E-state index in [1.807, 2.05) is 6.07 Å². The van der Waals surface area contributed by atoms with E-state index in [-0.39, 0.29) is 38.0 Å². The molecule has 8 nitrogen and oxygen atoms in total. The third kappa shape index (κ3) is 5.52. The molecule has 31 heavy (non-hydrogen) atoms. The number of nitrogens with zero attached hydrogens (tertiary/aromatic N) is 2. The molecule has 1 aromatic heterocycles. The van der Waals surface area contributed by atoms with Gasteiger partial charge in [-0.3, -0.25) is 4.79 Å². The average Bonchev–Trinajstić information content (AvgIpc) is 2.69. The van der Waals surface area contributed by atoms with Crippen LogP contribution < -0.4 is 5.56 Å². The number of aromatic nitrogens is 1. The van der Waals surface area contributed by atoms with Gasteiger partial charge in [0.2, 0.25) is 0 Å². The van der Waals surface area contributed by atoms with E-state index < -0.39 is 28.8 Å². The van der Waals surface area contributed by atoms with Crippen LogP contribution in [-0.4, -0.2) is 56.0 Å². The van der Waals surface area contributed by atoms with Gasteiger partial charge >= 0.3 is 12.1 Å². The average molecular weight is 428 g/mol. The molecular formula is C23H28N2O6. The predicted molar refractivity (Wildman–Crippen MR) is 115 cm³/mol. The van der Waals surface area contributed by atoms with Crippen molar-refractivity contribution in [1.82, 2.24) is 9.47 Å². The van der Waals surface area contributed by atoms with Gasteiger partial charge in [-0.2, -0.15) is 0 Å². The van der Waals surface area contributed by atoms with Crippen molar-refractivity contribution in [3.05, 3.63) is 58.5 Å². The fourth-order valence-electron chi connectivity index (χ4n) is 3.63. The quantitative estimate of drug-likeness (QED) is 0.775. The van der Waals surface area contributed by atoms with Crippen molar-refractivity contribution in [1.29, 1.82) is 0 Å². The smallest absolute Gasteiger partial charge is 0.410 e. The molecule has 0 saturated carbocycles. The van der Waals surface area contributed by atoms with Crippen molar-refractivity contribution in [3.8, 4) is 11.1 Å². The van der Waals surface area contributed by atoms with Crippen molar-refractivity contribution in [3.63, 3.8) is 0 Å². The van der Waals surface area contributed by atoms with Crippen molar-refractivity contribution in [2.75, 3.05) is 13.1 Å². The molecule has 3 rings (SSSR count). The van der Waals surface area contributed by atoms with Crippen molar-refractivity contribution < 1.29 is 24.5 Å². The number of likely N-dealkylation sites (tertiary alicyclic amines) is 1.